The monoisotopic (exact) mass is 461 g/mol. The van der Waals surface area contributed by atoms with E-state index in [2.05, 4.69) is 11.9 Å². The van der Waals surface area contributed by atoms with Gasteiger partial charge in [-0.25, -0.2) is 4.98 Å². The summed E-state index contributed by atoms with van der Waals surface area (Å²) in [5, 5.41) is 0.614. The first-order chi connectivity index (χ1) is 16.2. The second kappa shape index (κ2) is 10.9. The van der Waals surface area contributed by atoms with Crippen LogP contribution >= 0.6 is 11.3 Å². The quantitative estimate of drug-likeness (QED) is 0.266. The molecule has 0 aliphatic heterocycles. The van der Waals surface area contributed by atoms with Crippen LogP contribution in [0.15, 0.2) is 66.9 Å². The Balaban J connectivity index is 1.64. The first-order valence-electron chi connectivity index (χ1n) is 11.1. The van der Waals surface area contributed by atoms with E-state index in [1.165, 1.54) is 11.3 Å². The number of nitrogens with zero attached hydrogens (tertiary/aromatic N) is 3. The molecule has 0 N–H and O–H groups in total. The van der Waals surface area contributed by atoms with Crippen LogP contribution in [0.2, 0.25) is 0 Å². The molecule has 2 aromatic carbocycles. The summed E-state index contributed by atoms with van der Waals surface area (Å²) in [6, 6.07) is 18.8. The van der Waals surface area contributed by atoms with Gasteiger partial charge in [0.15, 0.2) is 5.13 Å². The van der Waals surface area contributed by atoms with Crippen LogP contribution in [0.4, 0.5) is 5.13 Å². The van der Waals surface area contributed by atoms with Gasteiger partial charge in [0.05, 0.1) is 36.2 Å². The highest BCUT2D eigenvalue weighted by molar-refractivity contribution is 7.22. The van der Waals surface area contributed by atoms with Crippen molar-refractivity contribution in [3.8, 4) is 11.5 Å². The standard InChI is InChI=1S/C26H27N3O3S/c1-3-4-7-15-32-22-11-8-9-19(16-22)25(30)29(18-20-10-5-6-14-27-20)26-28-23-17-21(31-2)12-13-24(23)33-26/h5-6,8-14,16-17H,3-4,7,15,18H2,1-2H3. The second-order valence-electron chi connectivity index (χ2n) is 7.63. The summed E-state index contributed by atoms with van der Waals surface area (Å²) in [6.45, 7) is 3.12. The minimum absolute atomic E-state index is 0.148. The maximum Gasteiger partial charge on any atom is 0.260 e. The highest BCUT2D eigenvalue weighted by Crippen LogP contribution is 2.33. The predicted octanol–water partition coefficient (Wildman–Crippen LogP) is 6.12. The van der Waals surface area contributed by atoms with Gasteiger partial charge in [-0.15, -0.1) is 0 Å². The molecule has 2 aromatic heterocycles. The molecule has 170 valence electrons. The molecule has 0 atom stereocenters. The van der Waals surface area contributed by atoms with E-state index >= 15 is 0 Å². The number of rotatable bonds is 10. The van der Waals surface area contributed by atoms with Crippen molar-refractivity contribution in [1.29, 1.82) is 0 Å². The van der Waals surface area contributed by atoms with E-state index in [-0.39, 0.29) is 5.91 Å². The summed E-state index contributed by atoms with van der Waals surface area (Å²) < 4.78 is 12.2. The topological polar surface area (TPSA) is 64.5 Å². The van der Waals surface area contributed by atoms with E-state index in [0.717, 1.165) is 40.9 Å². The Morgan fingerprint density at radius 2 is 1.94 bits per heavy atom. The number of ether oxygens (including phenoxy) is 2. The molecule has 0 radical (unpaired) electrons. The fraction of sp³-hybridized carbons (Fsp3) is 0.269. The van der Waals surface area contributed by atoms with Crippen LogP contribution in [0.5, 0.6) is 11.5 Å². The highest BCUT2D eigenvalue weighted by Gasteiger charge is 2.23. The van der Waals surface area contributed by atoms with Crippen molar-refractivity contribution in [3.63, 3.8) is 0 Å². The number of aromatic nitrogens is 2. The van der Waals surface area contributed by atoms with Crippen molar-refractivity contribution in [2.75, 3.05) is 18.6 Å². The first kappa shape index (κ1) is 22.7. The fourth-order valence-corrected chi connectivity index (χ4v) is 4.38. The minimum Gasteiger partial charge on any atom is -0.497 e. The zero-order valence-corrected chi connectivity index (χ0v) is 19.7. The number of hydrogen-bond acceptors (Lipinski definition) is 6. The lowest BCUT2D eigenvalue weighted by Gasteiger charge is -2.20. The molecule has 1 amide bonds. The number of methoxy groups -OCH3 is 1. The van der Waals surface area contributed by atoms with Gasteiger partial charge in [-0.2, -0.15) is 0 Å². The van der Waals surface area contributed by atoms with Gasteiger partial charge in [0.1, 0.15) is 11.5 Å². The third-order valence-corrected chi connectivity index (χ3v) is 6.26. The molecule has 0 unspecified atom stereocenters. The van der Waals surface area contributed by atoms with E-state index < -0.39 is 0 Å². The molecule has 2 heterocycles. The second-order valence-corrected chi connectivity index (χ2v) is 8.63. The Morgan fingerprint density at radius 3 is 2.73 bits per heavy atom. The van der Waals surface area contributed by atoms with Gasteiger partial charge in [0, 0.05) is 17.8 Å². The average molecular weight is 462 g/mol. The molecule has 0 saturated carbocycles. The molecule has 0 aliphatic rings. The summed E-state index contributed by atoms with van der Waals surface area (Å²) in [5.41, 5.74) is 2.13. The number of carbonyl (C=O) groups is 1. The Labute approximate surface area is 197 Å². The Morgan fingerprint density at radius 1 is 1.03 bits per heavy atom. The average Bonchev–Trinajstić information content (AvgIpc) is 3.28. The van der Waals surface area contributed by atoms with Gasteiger partial charge in [-0.1, -0.05) is 43.2 Å². The van der Waals surface area contributed by atoms with Crippen LogP contribution in [-0.4, -0.2) is 29.6 Å². The number of pyridine rings is 1. The summed E-state index contributed by atoms with van der Waals surface area (Å²) in [6.07, 6.45) is 4.99. The maximum atomic E-state index is 13.7. The van der Waals surface area contributed by atoms with Gasteiger partial charge < -0.3 is 9.47 Å². The van der Waals surface area contributed by atoms with Crippen molar-refractivity contribution in [2.24, 2.45) is 0 Å². The summed E-state index contributed by atoms with van der Waals surface area (Å²) in [5.74, 6) is 1.28. The zero-order valence-electron chi connectivity index (χ0n) is 18.9. The molecular weight excluding hydrogens is 434 g/mol. The highest BCUT2D eigenvalue weighted by atomic mass is 32.1. The van der Waals surface area contributed by atoms with Crippen LogP contribution in [0.3, 0.4) is 0 Å². The van der Waals surface area contributed by atoms with Crippen LogP contribution in [0.25, 0.3) is 10.2 Å². The van der Waals surface area contributed by atoms with Crippen molar-refractivity contribution in [3.05, 3.63) is 78.1 Å². The van der Waals surface area contributed by atoms with Crippen LogP contribution in [0, 0.1) is 0 Å². The van der Waals surface area contributed by atoms with E-state index in [9.17, 15) is 4.79 Å². The van der Waals surface area contributed by atoms with E-state index in [4.69, 9.17) is 14.5 Å². The summed E-state index contributed by atoms with van der Waals surface area (Å²) >= 11 is 1.47. The summed E-state index contributed by atoms with van der Waals surface area (Å²) in [7, 11) is 1.63. The molecule has 0 fully saturated rings. The molecule has 7 heteroatoms. The van der Waals surface area contributed by atoms with Gasteiger partial charge >= 0.3 is 0 Å². The van der Waals surface area contributed by atoms with E-state index in [1.54, 1.807) is 24.3 Å². The molecule has 4 rings (SSSR count). The van der Waals surface area contributed by atoms with Gasteiger partial charge in [-0.3, -0.25) is 14.7 Å². The Kier molecular flexibility index (Phi) is 7.52. The molecule has 0 spiro atoms. The number of thiazole rings is 1. The van der Waals surface area contributed by atoms with E-state index in [0.29, 0.717) is 29.6 Å². The number of fused-ring (bicyclic) bond motifs is 1. The number of benzene rings is 2. The number of anilines is 1. The molecule has 0 saturated heterocycles. The van der Waals surface area contributed by atoms with Gasteiger partial charge in [0.25, 0.3) is 5.91 Å². The van der Waals surface area contributed by atoms with Gasteiger partial charge in [-0.05, 0) is 48.9 Å². The molecular formula is C26H27N3O3S. The van der Waals surface area contributed by atoms with Crippen LogP contribution in [0.1, 0.15) is 42.2 Å². The SMILES string of the molecule is CCCCCOc1cccc(C(=O)N(Cc2ccccn2)c2nc3cc(OC)ccc3s2)c1. The van der Waals surface area contributed by atoms with E-state index in [1.807, 2.05) is 54.6 Å². The van der Waals surface area contributed by atoms with Crippen LogP contribution in [-0.2, 0) is 6.54 Å². The molecule has 0 bridgehead atoms. The van der Waals surface area contributed by atoms with Crippen LogP contribution < -0.4 is 14.4 Å². The summed E-state index contributed by atoms with van der Waals surface area (Å²) in [4.78, 5) is 24.5. The lowest BCUT2D eigenvalue weighted by Crippen LogP contribution is -2.30. The lowest BCUT2D eigenvalue weighted by atomic mass is 10.2. The third kappa shape index (κ3) is 5.68. The van der Waals surface area contributed by atoms with Crippen molar-refractivity contribution in [1.82, 2.24) is 9.97 Å². The maximum absolute atomic E-state index is 13.7. The largest absolute Gasteiger partial charge is 0.497 e. The molecule has 6 nitrogen and oxygen atoms in total. The molecule has 0 aliphatic carbocycles. The Bertz CT molecular complexity index is 1210. The number of carbonyl (C=O) groups excluding carboxylic acids is 1. The molecule has 4 aromatic rings. The normalized spacial score (nSPS) is 10.8. The van der Waals surface area contributed by atoms with Crippen molar-refractivity contribution in [2.45, 2.75) is 32.7 Å². The predicted molar refractivity (Wildman–Crippen MR) is 132 cm³/mol. The smallest absolute Gasteiger partial charge is 0.260 e. The van der Waals surface area contributed by atoms with Crippen molar-refractivity contribution < 1.29 is 14.3 Å². The lowest BCUT2D eigenvalue weighted by molar-refractivity contribution is 0.0984. The van der Waals surface area contributed by atoms with Gasteiger partial charge in [0.2, 0.25) is 0 Å². The number of amides is 1. The van der Waals surface area contributed by atoms with Crippen molar-refractivity contribution >= 4 is 32.6 Å². The molecule has 33 heavy (non-hydrogen) atoms. The number of hydrogen-bond donors (Lipinski definition) is 0. The third-order valence-electron chi connectivity index (χ3n) is 5.20. The first-order valence-corrected chi connectivity index (χ1v) is 11.9. The number of unbranched alkanes of at least 4 members (excludes halogenated alkanes) is 2. The minimum atomic E-state index is -0.148. The Hall–Kier alpha value is -3.45. The zero-order chi connectivity index (χ0) is 23.0. The fourth-order valence-electron chi connectivity index (χ4n) is 3.43.